The highest BCUT2D eigenvalue weighted by Crippen LogP contribution is 2.35. The zero-order chi connectivity index (χ0) is 9.54. The molecular weight excluding hydrogens is 174 g/mol. The molecule has 0 amide bonds. The molecular formula is C12H11NO. The van der Waals surface area contributed by atoms with Crippen molar-refractivity contribution in [1.29, 1.82) is 0 Å². The van der Waals surface area contributed by atoms with Gasteiger partial charge in [0.2, 0.25) is 0 Å². The molecule has 0 fully saturated rings. The molecule has 0 spiro atoms. The van der Waals surface area contributed by atoms with Crippen molar-refractivity contribution in [2.75, 3.05) is 11.9 Å². The average Bonchev–Trinajstić information content (AvgIpc) is 2.61. The number of hydrogen-bond donors (Lipinski definition) is 2. The Morgan fingerprint density at radius 2 is 2.00 bits per heavy atom. The van der Waals surface area contributed by atoms with Gasteiger partial charge in [0.1, 0.15) is 0 Å². The van der Waals surface area contributed by atoms with E-state index in [1.54, 1.807) is 0 Å². The molecule has 0 radical (unpaired) electrons. The number of anilines is 1. The van der Waals surface area contributed by atoms with Crippen LogP contribution in [0.1, 0.15) is 11.7 Å². The number of hydrogen-bond acceptors (Lipinski definition) is 2. The molecule has 0 aliphatic carbocycles. The lowest BCUT2D eigenvalue weighted by Crippen LogP contribution is -1.99. The van der Waals surface area contributed by atoms with Gasteiger partial charge in [0.05, 0.1) is 6.10 Å². The van der Waals surface area contributed by atoms with E-state index in [0.29, 0.717) is 6.54 Å². The van der Waals surface area contributed by atoms with Crippen LogP contribution < -0.4 is 5.32 Å². The summed E-state index contributed by atoms with van der Waals surface area (Å²) in [5.74, 6) is 0. The smallest absolute Gasteiger partial charge is 0.0988 e. The van der Waals surface area contributed by atoms with Gasteiger partial charge < -0.3 is 10.4 Å². The number of rotatable bonds is 0. The quantitative estimate of drug-likeness (QED) is 0.660. The van der Waals surface area contributed by atoms with Crippen LogP contribution >= 0.6 is 0 Å². The molecule has 0 saturated heterocycles. The van der Waals surface area contributed by atoms with E-state index in [1.807, 2.05) is 18.2 Å². The Morgan fingerprint density at radius 1 is 1.14 bits per heavy atom. The minimum absolute atomic E-state index is 0.365. The highest BCUT2D eigenvalue weighted by molar-refractivity contribution is 5.91. The van der Waals surface area contributed by atoms with Crippen molar-refractivity contribution >= 4 is 16.5 Å². The zero-order valence-corrected chi connectivity index (χ0v) is 7.70. The SMILES string of the molecule is OC1CNc2ccc3ccccc3c21. The molecule has 1 unspecified atom stereocenters. The van der Waals surface area contributed by atoms with Gasteiger partial charge in [0, 0.05) is 17.8 Å². The molecule has 70 valence electrons. The van der Waals surface area contributed by atoms with Crippen molar-refractivity contribution in [3.8, 4) is 0 Å². The van der Waals surface area contributed by atoms with Gasteiger partial charge in [0.15, 0.2) is 0 Å². The van der Waals surface area contributed by atoms with Crippen LogP contribution in [0.2, 0.25) is 0 Å². The Hall–Kier alpha value is -1.54. The summed E-state index contributed by atoms with van der Waals surface area (Å²) < 4.78 is 0. The molecule has 0 bridgehead atoms. The van der Waals surface area contributed by atoms with Crippen LogP contribution in [0.3, 0.4) is 0 Å². The monoisotopic (exact) mass is 185 g/mol. The third-order valence-electron chi connectivity index (χ3n) is 2.79. The van der Waals surface area contributed by atoms with Crippen molar-refractivity contribution < 1.29 is 5.11 Å². The van der Waals surface area contributed by atoms with Crippen LogP contribution in [0, 0.1) is 0 Å². The molecule has 2 heteroatoms. The van der Waals surface area contributed by atoms with E-state index in [2.05, 4.69) is 23.5 Å². The van der Waals surface area contributed by atoms with Crippen LogP contribution in [-0.4, -0.2) is 11.7 Å². The van der Waals surface area contributed by atoms with Crippen molar-refractivity contribution in [1.82, 2.24) is 0 Å². The van der Waals surface area contributed by atoms with E-state index in [4.69, 9.17) is 0 Å². The molecule has 14 heavy (non-hydrogen) atoms. The van der Waals surface area contributed by atoms with Gasteiger partial charge in [-0.2, -0.15) is 0 Å². The van der Waals surface area contributed by atoms with E-state index in [9.17, 15) is 5.11 Å². The van der Waals surface area contributed by atoms with Crippen molar-refractivity contribution in [2.24, 2.45) is 0 Å². The molecule has 2 aromatic carbocycles. The van der Waals surface area contributed by atoms with E-state index in [0.717, 1.165) is 16.6 Å². The molecule has 1 aliphatic heterocycles. The van der Waals surface area contributed by atoms with Crippen LogP contribution in [0.15, 0.2) is 36.4 Å². The number of aliphatic hydroxyl groups is 1. The molecule has 3 rings (SSSR count). The second-order valence-corrected chi connectivity index (χ2v) is 3.64. The van der Waals surface area contributed by atoms with Gasteiger partial charge in [-0.15, -0.1) is 0 Å². The third-order valence-corrected chi connectivity index (χ3v) is 2.79. The van der Waals surface area contributed by atoms with E-state index in [1.165, 1.54) is 5.39 Å². The fourth-order valence-electron chi connectivity index (χ4n) is 2.12. The van der Waals surface area contributed by atoms with E-state index >= 15 is 0 Å². The Balaban J connectivity index is 2.41. The standard InChI is InChI=1S/C12H11NO/c14-11-7-13-10-6-5-8-3-1-2-4-9(8)12(10)11/h1-6,11,13-14H,7H2. The summed E-state index contributed by atoms with van der Waals surface area (Å²) in [4.78, 5) is 0. The van der Waals surface area contributed by atoms with Gasteiger partial charge in [-0.3, -0.25) is 0 Å². The van der Waals surface area contributed by atoms with Crippen LogP contribution in [0.5, 0.6) is 0 Å². The second-order valence-electron chi connectivity index (χ2n) is 3.64. The Bertz CT molecular complexity index is 493. The van der Waals surface area contributed by atoms with E-state index in [-0.39, 0.29) is 6.10 Å². The first-order valence-electron chi connectivity index (χ1n) is 4.80. The molecule has 1 aliphatic rings. The van der Waals surface area contributed by atoms with Gasteiger partial charge in [0.25, 0.3) is 0 Å². The van der Waals surface area contributed by atoms with Gasteiger partial charge in [-0.1, -0.05) is 30.3 Å². The predicted octanol–water partition coefficient (Wildman–Crippen LogP) is 2.30. The van der Waals surface area contributed by atoms with E-state index < -0.39 is 0 Å². The topological polar surface area (TPSA) is 32.3 Å². The average molecular weight is 185 g/mol. The molecule has 2 nitrogen and oxygen atoms in total. The number of β-amino-alcohol motifs (C(OH)–C–C–N with tert-alkyl or cyclic N) is 1. The Kier molecular flexibility index (Phi) is 1.52. The van der Waals surface area contributed by atoms with Crippen molar-refractivity contribution in [2.45, 2.75) is 6.10 Å². The Labute approximate surface area is 82.2 Å². The molecule has 1 heterocycles. The minimum atomic E-state index is -0.365. The maximum Gasteiger partial charge on any atom is 0.0988 e. The maximum absolute atomic E-state index is 9.82. The summed E-state index contributed by atoms with van der Waals surface area (Å²) in [7, 11) is 0. The molecule has 0 aromatic heterocycles. The summed E-state index contributed by atoms with van der Waals surface area (Å²) in [6.07, 6.45) is -0.365. The van der Waals surface area contributed by atoms with Gasteiger partial charge in [-0.05, 0) is 16.8 Å². The summed E-state index contributed by atoms with van der Waals surface area (Å²) in [6.45, 7) is 0.628. The largest absolute Gasteiger partial charge is 0.386 e. The number of benzene rings is 2. The molecule has 1 atom stereocenters. The maximum atomic E-state index is 9.82. The fraction of sp³-hybridized carbons (Fsp3) is 0.167. The van der Waals surface area contributed by atoms with Crippen molar-refractivity contribution in [3.05, 3.63) is 42.0 Å². The lowest BCUT2D eigenvalue weighted by atomic mass is 10.0. The molecule has 2 aromatic rings. The first kappa shape index (κ1) is 7.83. The Morgan fingerprint density at radius 3 is 2.93 bits per heavy atom. The van der Waals surface area contributed by atoms with Crippen LogP contribution in [-0.2, 0) is 0 Å². The number of fused-ring (bicyclic) bond motifs is 3. The lowest BCUT2D eigenvalue weighted by Gasteiger charge is -2.06. The highest BCUT2D eigenvalue weighted by Gasteiger charge is 2.21. The third kappa shape index (κ3) is 0.946. The zero-order valence-electron chi connectivity index (χ0n) is 7.70. The lowest BCUT2D eigenvalue weighted by molar-refractivity contribution is 0.201. The van der Waals surface area contributed by atoms with Gasteiger partial charge >= 0.3 is 0 Å². The molecule has 2 N–H and O–H groups in total. The number of aliphatic hydroxyl groups excluding tert-OH is 1. The summed E-state index contributed by atoms with van der Waals surface area (Å²) >= 11 is 0. The summed E-state index contributed by atoms with van der Waals surface area (Å²) in [5.41, 5.74) is 2.11. The fourth-order valence-corrected chi connectivity index (χ4v) is 2.12. The van der Waals surface area contributed by atoms with Crippen molar-refractivity contribution in [3.63, 3.8) is 0 Å². The predicted molar refractivity (Wildman–Crippen MR) is 57.4 cm³/mol. The normalized spacial score (nSPS) is 19.4. The van der Waals surface area contributed by atoms with Crippen LogP contribution in [0.25, 0.3) is 10.8 Å². The van der Waals surface area contributed by atoms with Crippen LogP contribution in [0.4, 0.5) is 5.69 Å². The first-order chi connectivity index (χ1) is 6.86. The summed E-state index contributed by atoms with van der Waals surface area (Å²) in [6, 6.07) is 12.3. The summed E-state index contributed by atoms with van der Waals surface area (Å²) in [5, 5.41) is 15.4. The molecule has 0 saturated carbocycles. The minimum Gasteiger partial charge on any atom is -0.386 e. The number of nitrogens with one attached hydrogen (secondary N) is 1. The second kappa shape index (κ2) is 2.72. The first-order valence-corrected chi connectivity index (χ1v) is 4.80. The van der Waals surface area contributed by atoms with Gasteiger partial charge in [-0.25, -0.2) is 0 Å². The highest BCUT2D eigenvalue weighted by atomic mass is 16.3.